The van der Waals surface area contributed by atoms with Gasteiger partial charge in [-0.2, -0.15) is 0 Å². The van der Waals surface area contributed by atoms with Gasteiger partial charge in [0.05, 0.1) is 13.2 Å². The van der Waals surface area contributed by atoms with E-state index in [1.54, 1.807) is 16.7 Å². The average Bonchev–Trinajstić information content (AvgIpc) is 2.29. The van der Waals surface area contributed by atoms with E-state index in [9.17, 15) is 8.78 Å². The Hall–Kier alpha value is -0.650. The molecule has 0 fully saturated rings. The Kier molecular flexibility index (Phi) is 6.47. The van der Waals surface area contributed by atoms with Gasteiger partial charge >= 0.3 is 0 Å². The van der Waals surface area contributed by atoms with Gasteiger partial charge in [0.2, 0.25) is 0 Å². The zero-order valence-corrected chi connectivity index (χ0v) is 10.6. The molecule has 0 spiro atoms. The number of aliphatic hydroxyl groups is 1. The number of thioether (sulfide) groups is 1. The maximum absolute atomic E-state index is 12.3. The van der Waals surface area contributed by atoms with Gasteiger partial charge in [0.1, 0.15) is 0 Å². The lowest BCUT2D eigenvalue weighted by atomic mass is 10.2. The highest BCUT2D eigenvalue weighted by atomic mass is 32.2. The molecular weight excluding hydrogens is 244 g/mol. The van der Waals surface area contributed by atoms with Crippen LogP contribution in [0.15, 0.2) is 29.2 Å². The fraction of sp³-hybridized carbons (Fsp3) is 0.500. The van der Waals surface area contributed by atoms with Crippen molar-refractivity contribution in [1.82, 2.24) is 4.90 Å². The van der Waals surface area contributed by atoms with Crippen LogP contribution >= 0.6 is 11.8 Å². The third kappa shape index (κ3) is 5.48. The van der Waals surface area contributed by atoms with Crippen LogP contribution < -0.4 is 0 Å². The zero-order valence-electron chi connectivity index (χ0n) is 9.77. The highest BCUT2D eigenvalue weighted by Crippen LogP contribution is 2.16. The van der Waals surface area contributed by atoms with Gasteiger partial charge in [-0.1, -0.05) is 12.1 Å². The smallest absolute Gasteiger partial charge is 0.251 e. The topological polar surface area (TPSA) is 23.5 Å². The van der Waals surface area contributed by atoms with E-state index in [-0.39, 0.29) is 19.7 Å². The third-order valence-corrected chi connectivity index (χ3v) is 3.12. The average molecular weight is 261 g/mol. The molecule has 0 radical (unpaired) electrons. The minimum atomic E-state index is -2.37. The predicted molar refractivity (Wildman–Crippen MR) is 66.6 cm³/mol. The normalized spacial score (nSPS) is 11.4. The van der Waals surface area contributed by atoms with Crippen LogP contribution in [0.25, 0.3) is 0 Å². The van der Waals surface area contributed by atoms with Crippen LogP contribution in [0.2, 0.25) is 0 Å². The first-order valence-corrected chi connectivity index (χ1v) is 6.62. The first-order valence-electron chi connectivity index (χ1n) is 5.40. The Labute approximate surface area is 105 Å². The van der Waals surface area contributed by atoms with Crippen LogP contribution in [0, 0.1) is 0 Å². The van der Waals surface area contributed by atoms with Gasteiger partial charge in [-0.05, 0) is 24.0 Å². The summed E-state index contributed by atoms with van der Waals surface area (Å²) in [6, 6.07) is 7.81. The molecule has 0 unspecified atom stereocenters. The first-order chi connectivity index (χ1) is 8.15. The lowest BCUT2D eigenvalue weighted by Gasteiger charge is -2.20. The second-order valence-corrected chi connectivity index (χ2v) is 4.58. The van der Waals surface area contributed by atoms with E-state index in [1.165, 1.54) is 0 Å². The van der Waals surface area contributed by atoms with Gasteiger partial charge in [-0.15, -0.1) is 11.8 Å². The summed E-state index contributed by atoms with van der Waals surface area (Å²) in [5, 5.41) is 8.82. The van der Waals surface area contributed by atoms with Gasteiger partial charge in [0, 0.05) is 18.0 Å². The highest BCUT2D eigenvalue weighted by Gasteiger charge is 2.11. The lowest BCUT2D eigenvalue weighted by molar-refractivity contribution is 0.0746. The minimum Gasteiger partial charge on any atom is -0.395 e. The number of aliphatic hydroxyl groups excluding tert-OH is 1. The Morgan fingerprint density at radius 2 is 1.94 bits per heavy atom. The fourth-order valence-electron chi connectivity index (χ4n) is 1.56. The standard InChI is InChI=1S/C12H17F2NOS/c1-17-11-4-2-10(3-5-11)8-15(6-7-16)9-12(13)14/h2-5,12,16H,6-9H2,1H3. The van der Waals surface area contributed by atoms with E-state index in [0.717, 1.165) is 10.5 Å². The number of halogens is 2. The quantitative estimate of drug-likeness (QED) is 0.763. The van der Waals surface area contributed by atoms with E-state index in [4.69, 9.17) is 5.11 Å². The van der Waals surface area contributed by atoms with E-state index >= 15 is 0 Å². The summed E-state index contributed by atoms with van der Waals surface area (Å²) in [4.78, 5) is 2.70. The van der Waals surface area contributed by atoms with Gasteiger partial charge < -0.3 is 5.11 Å². The number of nitrogens with zero attached hydrogens (tertiary/aromatic N) is 1. The van der Waals surface area contributed by atoms with Crippen molar-refractivity contribution in [2.24, 2.45) is 0 Å². The molecule has 1 N–H and O–H groups in total. The van der Waals surface area contributed by atoms with Crippen LogP contribution in [0.4, 0.5) is 8.78 Å². The zero-order chi connectivity index (χ0) is 12.7. The summed E-state index contributed by atoms with van der Waals surface area (Å²) in [6.45, 7) is 0.314. The Balaban J connectivity index is 2.58. The van der Waals surface area contributed by atoms with Gasteiger partial charge in [-0.3, -0.25) is 4.90 Å². The van der Waals surface area contributed by atoms with Gasteiger partial charge in [-0.25, -0.2) is 8.78 Å². The van der Waals surface area contributed by atoms with Crippen LogP contribution in [-0.4, -0.2) is 42.4 Å². The molecule has 0 aliphatic heterocycles. The molecular formula is C12H17F2NOS. The molecule has 17 heavy (non-hydrogen) atoms. The maximum atomic E-state index is 12.3. The fourth-order valence-corrected chi connectivity index (χ4v) is 1.97. The maximum Gasteiger partial charge on any atom is 0.251 e. The van der Waals surface area contributed by atoms with Crippen molar-refractivity contribution in [3.05, 3.63) is 29.8 Å². The van der Waals surface area contributed by atoms with Crippen LogP contribution in [0.1, 0.15) is 5.56 Å². The van der Waals surface area contributed by atoms with Crippen LogP contribution in [0.3, 0.4) is 0 Å². The molecule has 1 aromatic carbocycles. The molecule has 0 amide bonds. The summed E-state index contributed by atoms with van der Waals surface area (Å²) in [5.74, 6) is 0. The second kappa shape index (κ2) is 7.63. The Morgan fingerprint density at radius 1 is 1.29 bits per heavy atom. The van der Waals surface area contributed by atoms with E-state index < -0.39 is 6.43 Å². The van der Waals surface area contributed by atoms with Crippen LogP contribution in [0.5, 0.6) is 0 Å². The Bertz CT molecular complexity index is 319. The lowest BCUT2D eigenvalue weighted by Crippen LogP contribution is -2.31. The second-order valence-electron chi connectivity index (χ2n) is 3.70. The van der Waals surface area contributed by atoms with Gasteiger partial charge in [0.15, 0.2) is 0 Å². The summed E-state index contributed by atoms with van der Waals surface area (Å²) in [5.41, 5.74) is 0.983. The number of rotatable bonds is 7. The van der Waals surface area contributed by atoms with Crippen molar-refractivity contribution in [1.29, 1.82) is 0 Å². The SMILES string of the molecule is CSc1ccc(CN(CCO)CC(F)F)cc1. The van der Waals surface area contributed by atoms with Crippen molar-refractivity contribution < 1.29 is 13.9 Å². The molecule has 0 aliphatic carbocycles. The molecule has 0 saturated heterocycles. The largest absolute Gasteiger partial charge is 0.395 e. The molecule has 0 aromatic heterocycles. The summed E-state index contributed by atoms with van der Waals surface area (Å²) >= 11 is 1.64. The minimum absolute atomic E-state index is 0.102. The van der Waals surface area contributed by atoms with Crippen molar-refractivity contribution >= 4 is 11.8 Å². The van der Waals surface area contributed by atoms with Gasteiger partial charge in [0.25, 0.3) is 6.43 Å². The molecule has 96 valence electrons. The number of alkyl halides is 2. The monoisotopic (exact) mass is 261 g/mol. The van der Waals surface area contributed by atoms with E-state index in [1.807, 2.05) is 30.5 Å². The predicted octanol–water partition coefficient (Wildman–Crippen LogP) is 2.47. The molecule has 1 aromatic rings. The van der Waals surface area contributed by atoms with E-state index in [2.05, 4.69) is 0 Å². The summed E-state index contributed by atoms with van der Waals surface area (Å²) in [7, 11) is 0. The van der Waals surface area contributed by atoms with Crippen LogP contribution in [-0.2, 0) is 6.54 Å². The van der Waals surface area contributed by atoms with Crippen molar-refractivity contribution in [3.63, 3.8) is 0 Å². The molecule has 1 rings (SSSR count). The number of hydrogen-bond acceptors (Lipinski definition) is 3. The van der Waals surface area contributed by atoms with Crippen molar-refractivity contribution in [2.45, 2.75) is 17.9 Å². The third-order valence-electron chi connectivity index (χ3n) is 2.38. The summed E-state index contributed by atoms with van der Waals surface area (Å²) < 4.78 is 24.6. The molecule has 2 nitrogen and oxygen atoms in total. The Morgan fingerprint density at radius 3 is 2.41 bits per heavy atom. The van der Waals surface area contributed by atoms with Crippen molar-refractivity contribution in [3.8, 4) is 0 Å². The number of hydrogen-bond donors (Lipinski definition) is 1. The molecule has 0 saturated carbocycles. The number of benzene rings is 1. The first kappa shape index (κ1) is 14.4. The van der Waals surface area contributed by atoms with Crippen molar-refractivity contribution in [2.75, 3.05) is 26.0 Å². The molecule has 0 heterocycles. The molecule has 0 bridgehead atoms. The molecule has 0 atom stereocenters. The highest BCUT2D eigenvalue weighted by molar-refractivity contribution is 7.98. The van der Waals surface area contributed by atoms with E-state index in [0.29, 0.717) is 6.54 Å². The molecule has 0 aliphatic rings. The molecule has 5 heteroatoms. The summed E-state index contributed by atoms with van der Waals surface area (Å²) in [6.07, 6.45) is -0.379.